The molecule has 2 aromatic carbocycles. The van der Waals surface area contributed by atoms with Crippen LogP contribution in [0.5, 0.6) is 5.75 Å². The summed E-state index contributed by atoms with van der Waals surface area (Å²) >= 11 is 0. The van der Waals surface area contributed by atoms with Crippen LogP contribution in [0.3, 0.4) is 0 Å². The number of carbonyl (C=O) groups excluding carboxylic acids is 1. The van der Waals surface area contributed by atoms with Gasteiger partial charge in [0, 0.05) is 11.5 Å². The van der Waals surface area contributed by atoms with Crippen LogP contribution in [-0.2, 0) is 4.79 Å². The molecule has 0 saturated carbocycles. The van der Waals surface area contributed by atoms with E-state index in [0.717, 1.165) is 5.56 Å². The van der Waals surface area contributed by atoms with E-state index in [1.807, 2.05) is 30.3 Å². The lowest BCUT2D eigenvalue weighted by Crippen LogP contribution is -2.20. The molecule has 0 aromatic heterocycles. The lowest BCUT2D eigenvalue weighted by molar-refractivity contribution is -0.135. The molecular weight excluding hydrogens is 224 g/mol. The summed E-state index contributed by atoms with van der Waals surface area (Å²) in [7, 11) is 0. The monoisotopic (exact) mass is 238 g/mol. The highest BCUT2D eigenvalue weighted by molar-refractivity contribution is 5.77. The van der Waals surface area contributed by atoms with E-state index in [4.69, 9.17) is 4.74 Å². The fourth-order valence-electron chi connectivity index (χ4n) is 2.49. The predicted octanol–water partition coefficient (Wildman–Crippen LogP) is 3.44. The fourth-order valence-corrected chi connectivity index (χ4v) is 2.49. The molecule has 0 unspecified atom stereocenters. The second kappa shape index (κ2) is 4.30. The van der Waals surface area contributed by atoms with Crippen molar-refractivity contribution in [1.29, 1.82) is 0 Å². The van der Waals surface area contributed by atoms with Gasteiger partial charge in [-0.05, 0) is 18.6 Å². The summed E-state index contributed by atoms with van der Waals surface area (Å²) in [6.07, 6.45) is 0.417. The minimum atomic E-state index is -0.153. The molecule has 2 aromatic rings. The number of rotatable bonds is 1. The molecule has 0 amide bonds. The van der Waals surface area contributed by atoms with Crippen molar-refractivity contribution >= 4 is 5.97 Å². The summed E-state index contributed by atoms with van der Waals surface area (Å²) < 4.78 is 5.27. The molecule has 18 heavy (non-hydrogen) atoms. The molecule has 2 nitrogen and oxygen atoms in total. The number of fused-ring (bicyclic) bond motifs is 1. The molecule has 0 aliphatic carbocycles. The molecule has 1 atom stereocenters. The number of hydrogen-bond acceptors (Lipinski definition) is 2. The minimum absolute atomic E-state index is 0.113. The van der Waals surface area contributed by atoms with Crippen molar-refractivity contribution in [3.63, 3.8) is 0 Å². The molecule has 90 valence electrons. The molecule has 0 radical (unpaired) electrons. The normalized spacial score (nSPS) is 18.1. The highest BCUT2D eigenvalue weighted by atomic mass is 16.5. The maximum absolute atomic E-state index is 11.7. The molecule has 0 N–H and O–H groups in total. The number of benzene rings is 2. The van der Waals surface area contributed by atoms with Crippen molar-refractivity contribution in [2.45, 2.75) is 19.3 Å². The van der Waals surface area contributed by atoms with Gasteiger partial charge in [0.1, 0.15) is 5.75 Å². The lowest BCUT2D eigenvalue weighted by atomic mass is 9.86. The Balaban J connectivity index is 2.10. The second-order valence-corrected chi connectivity index (χ2v) is 4.68. The van der Waals surface area contributed by atoms with Crippen LogP contribution in [0, 0.1) is 6.92 Å². The summed E-state index contributed by atoms with van der Waals surface area (Å²) in [6.45, 7) is 2.07. The number of aryl methyl sites for hydroxylation is 1. The molecule has 1 aliphatic rings. The first-order valence-corrected chi connectivity index (χ1v) is 6.10. The SMILES string of the molecule is Cc1cccc([C@@H]2CC(=O)Oc3ccccc32)c1. The van der Waals surface area contributed by atoms with E-state index in [-0.39, 0.29) is 11.9 Å². The van der Waals surface area contributed by atoms with Crippen molar-refractivity contribution in [3.8, 4) is 5.75 Å². The first-order valence-electron chi connectivity index (χ1n) is 6.10. The Morgan fingerprint density at radius 1 is 1.11 bits per heavy atom. The summed E-state index contributed by atoms with van der Waals surface area (Å²) in [5, 5.41) is 0. The van der Waals surface area contributed by atoms with Crippen LogP contribution in [-0.4, -0.2) is 5.97 Å². The van der Waals surface area contributed by atoms with Gasteiger partial charge in [-0.3, -0.25) is 4.79 Å². The molecule has 0 saturated heterocycles. The van der Waals surface area contributed by atoms with Crippen LogP contribution >= 0.6 is 0 Å². The Labute approximate surface area is 106 Å². The highest BCUT2D eigenvalue weighted by Crippen LogP contribution is 2.38. The third-order valence-electron chi connectivity index (χ3n) is 3.33. The quantitative estimate of drug-likeness (QED) is 0.562. The summed E-state index contributed by atoms with van der Waals surface area (Å²) in [4.78, 5) is 11.7. The van der Waals surface area contributed by atoms with Gasteiger partial charge in [-0.15, -0.1) is 0 Å². The maximum atomic E-state index is 11.7. The highest BCUT2D eigenvalue weighted by Gasteiger charge is 2.27. The molecule has 1 heterocycles. The zero-order chi connectivity index (χ0) is 12.5. The molecular formula is C16H14O2. The zero-order valence-electron chi connectivity index (χ0n) is 10.2. The van der Waals surface area contributed by atoms with Crippen molar-refractivity contribution in [2.75, 3.05) is 0 Å². The largest absolute Gasteiger partial charge is 0.426 e. The number of hydrogen-bond donors (Lipinski definition) is 0. The number of esters is 1. The molecule has 0 bridgehead atoms. The van der Waals surface area contributed by atoms with Crippen molar-refractivity contribution < 1.29 is 9.53 Å². The van der Waals surface area contributed by atoms with Crippen LogP contribution in [0.2, 0.25) is 0 Å². The molecule has 0 spiro atoms. The van der Waals surface area contributed by atoms with E-state index in [1.54, 1.807) is 0 Å². The molecule has 2 heteroatoms. The Morgan fingerprint density at radius 2 is 1.94 bits per heavy atom. The van der Waals surface area contributed by atoms with E-state index in [9.17, 15) is 4.79 Å². The van der Waals surface area contributed by atoms with Crippen molar-refractivity contribution in [1.82, 2.24) is 0 Å². The van der Waals surface area contributed by atoms with E-state index < -0.39 is 0 Å². The number of carbonyl (C=O) groups is 1. The Bertz CT molecular complexity index is 602. The molecule has 0 fully saturated rings. The van der Waals surface area contributed by atoms with Crippen LogP contribution in [0.1, 0.15) is 29.0 Å². The Kier molecular flexibility index (Phi) is 2.63. The predicted molar refractivity (Wildman–Crippen MR) is 69.7 cm³/mol. The number of ether oxygens (including phenoxy) is 1. The van der Waals surface area contributed by atoms with Crippen molar-refractivity contribution in [3.05, 3.63) is 65.2 Å². The van der Waals surface area contributed by atoms with Crippen LogP contribution in [0.15, 0.2) is 48.5 Å². The third kappa shape index (κ3) is 1.90. The van der Waals surface area contributed by atoms with Crippen molar-refractivity contribution in [2.24, 2.45) is 0 Å². The first kappa shape index (κ1) is 11.0. The maximum Gasteiger partial charge on any atom is 0.312 e. The van der Waals surface area contributed by atoms with Crippen LogP contribution in [0.4, 0.5) is 0 Å². The average molecular weight is 238 g/mol. The van der Waals surface area contributed by atoms with Crippen LogP contribution in [0.25, 0.3) is 0 Å². The average Bonchev–Trinajstić information content (AvgIpc) is 2.37. The summed E-state index contributed by atoms with van der Waals surface area (Å²) in [5.41, 5.74) is 3.49. The minimum Gasteiger partial charge on any atom is -0.426 e. The van der Waals surface area contributed by atoms with E-state index in [2.05, 4.69) is 25.1 Å². The summed E-state index contributed by atoms with van der Waals surface area (Å²) in [5.74, 6) is 0.655. The van der Waals surface area contributed by atoms with Gasteiger partial charge < -0.3 is 4.74 Å². The van der Waals surface area contributed by atoms with Gasteiger partial charge in [0.05, 0.1) is 6.42 Å². The van der Waals surface area contributed by atoms with Gasteiger partial charge in [0.25, 0.3) is 0 Å². The molecule has 3 rings (SSSR count). The molecule has 1 aliphatic heterocycles. The van der Waals surface area contributed by atoms with E-state index in [1.165, 1.54) is 11.1 Å². The number of para-hydroxylation sites is 1. The van der Waals surface area contributed by atoms with E-state index >= 15 is 0 Å². The third-order valence-corrected chi connectivity index (χ3v) is 3.33. The zero-order valence-corrected chi connectivity index (χ0v) is 10.2. The van der Waals surface area contributed by atoms with Gasteiger partial charge in [0.2, 0.25) is 0 Å². The van der Waals surface area contributed by atoms with Gasteiger partial charge in [0.15, 0.2) is 0 Å². The summed E-state index contributed by atoms with van der Waals surface area (Å²) in [6, 6.07) is 16.1. The first-order chi connectivity index (χ1) is 8.74. The van der Waals surface area contributed by atoms with E-state index in [0.29, 0.717) is 12.2 Å². The lowest BCUT2D eigenvalue weighted by Gasteiger charge is -2.24. The second-order valence-electron chi connectivity index (χ2n) is 4.68. The van der Waals surface area contributed by atoms with Crippen LogP contribution < -0.4 is 4.74 Å². The van der Waals surface area contributed by atoms with Gasteiger partial charge in [-0.25, -0.2) is 0 Å². The fraction of sp³-hybridized carbons (Fsp3) is 0.188. The van der Waals surface area contributed by atoms with Gasteiger partial charge in [-0.1, -0.05) is 48.0 Å². The van der Waals surface area contributed by atoms with Gasteiger partial charge in [-0.2, -0.15) is 0 Å². The van der Waals surface area contributed by atoms with Gasteiger partial charge >= 0.3 is 5.97 Å². The Hall–Kier alpha value is -2.09. The smallest absolute Gasteiger partial charge is 0.312 e. The standard InChI is InChI=1S/C16H14O2/c1-11-5-4-6-12(9-11)14-10-16(17)18-15-8-3-2-7-13(14)15/h2-9,14H,10H2,1H3/t14-/m0/s1. The Morgan fingerprint density at radius 3 is 2.78 bits per heavy atom. The topological polar surface area (TPSA) is 26.3 Å².